The molecule has 1 aliphatic carbocycles. The molecule has 0 aliphatic heterocycles. The summed E-state index contributed by atoms with van der Waals surface area (Å²) < 4.78 is 31.1. The van der Waals surface area contributed by atoms with E-state index in [-0.39, 0.29) is 6.10 Å². The Hall–Kier alpha value is -2.38. The van der Waals surface area contributed by atoms with E-state index in [1.165, 1.54) is 19.9 Å². The van der Waals surface area contributed by atoms with Crippen molar-refractivity contribution in [1.29, 1.82) is 0 Å². The van der Waals surface area contributed by atoms with Crippen LogP contribution in [0.4, 0.5) is 5.69 Å². The van der Waals surface area contributed by atoms with Gasteiger partial charge >= 0.3 is 0 Å². The van der Waals surface area contributed by atoms with Gasteiger partial charge in [0.15, 0.2) is 0 Å². The van der Waals surface area contributed by atoms with Gasteiger partial charge in [0.25, 0.3) is 0 Å². The maximum atomic E-state index is 12.9. The molecule has 1 saturated carbocycles. The molecule has 0 heterocycles. The highest BCUT2D eigenvalue weighted by atomic mass is 32.2. The summed E-state index contributed by atoms with van der Waals surface area (Å²) in [5.41, 5.74) is 1.20. The highest BCUT2D eigenvalue weighted by molar-refractivity contribution is 7.88. The molecule has 3 rings (SSSR count). The van der Waals surface area contributed by atoms with E-state index >= 15 is 0 Å². The molecule has 7 heteroatoms. The first-order chi connectivity index (χ1) is 13.3. The molecule has 1 atom stereocenters. The minimum absolute atomic E-state index is 0.270. The van der Waals surface area contributed by atoms with E-state index < -0.39 is 22.0 Å². The van der Waals surface area contributed by atoms with Crippen LogP contribution >= 0.6 is 0 Å². The minimum atomic E-state index is -3.56. The zero-order valence-electron chi connectivity index (χ0n) is 16.2. The maximum Gasteiger partial charge on any atom is 0.247 e. The van der Waals surface area contributed by atoms with Gasteiger partial charge in [0, 0.05) is 12.7 Å². The Morgan fingerprint density at radius 1 is 1.07 bits per heavy atom. The Bertz CT molecular complexity index is 892. The number of ether oxygens (including phenoxy) is 1. The first-order valence-electron chi connectivity index (χ1n) is 9.40. The summed E-state index contributed by atoms with van der Waals surface area (Å²) >= 11 is 0. The lowest BCUT2D eigenvalue weighted by molar-refractivity contribution is -0.119. The number of nitrogens with zero attached hydrogens (tertiary/aromatic N) is 1. The number of rotatable bonds is 7. The van der Waals surface area contributed by atoms with E-state index in [2.05, 4.69) is 5.32 Å². The average molecular weight is 403 g/mol. The van der Waals surface area contributed by atoms with Gasteiger partial charge in [-0.3, -0.25) is 4.79 Å². The Morgan fingerprint density at radius 2 is 1.68 bits per heavy atom. The topological polar surface area (TPSA) is 75.7 Å². The van der Waals surface area contributed by atoms with Crippen molar-refractivity contribution in [3.63, 3.8) is 0 Å². The number of hydrogen-bond donors (Lipinski definition) is 1. The molecule has 0 bridgehead atoms. The van der Waals surface area contributed by atoms with Crippen molar-refractivity contribution in [1.82, 2.24) is 4.31 Å². The summed E-state index contributed by atoms with van der Waals surface area (Å²) in [5, 5.41) is 2.81. The lowest BCUT2D eigenvalue weighted by atomic mass is 10.1. The molecule has 0 radical (unpaired) electrons. The normalized spacial score (nSPS) is 16.1. The standard InChI is InChI=1S/C21H26N2O4S/c1-23(28(2,25)26)20(16-8-4-3-5-9-16)21(24)22-17-12-14-19(15-13-17)27-18-10-6-7-11-18/h3-5,8-9,12-15,18,20H,6-7,10-11H2,1-2H3,(H,22,24)/t20-/m0/s1. The fraction of sp³-hybridized carbons (Fsp3) is 0.381. The summed E-state index contributed by atoms with van der Waals surface area (Å²) in [5.74, 6) is 0.362. The predicted molar refractivity (Wildman–Crippen MR) is 110 cm³/mol. The van der Waals surface area contributed by atoms with Gasteiger partial charge in [0.2, 0.25) is 15.9 Å². The predicted octanol–water partition coefficient (Wildman–Crippen LogP) is 3.58. The first kappa shape index (κ1) is 20.4. The highest BCUT2D eigenvalue weighted by Crippen LogP contribution is 2.27. The Morgan fingerprint density at radius 3 is 2.25 bits per heavy atom. The van der Waals surface area contributed by atoms with Gasteiger partial charge in [0.05, 0.1) is 12.4 Å². The third kappa shape index (κ3) is 5.11. The lowest BCUT2D eigenvalue weighted by Crippen LogP contribution is -2.38. The van der Waals surface area contributed by atoms with Gasteiger partial charge in [0.1, 0.15) is 11.8 Å². The van der Waals surface area contributed by atoms with Crippen LogP contribution in [-0.4, -0.2) is 38.0 Å². The number of nitrogens with one attached hydrogen (secondary N) is 1. The van der Waals surface area contributed by atoms with Crippen LogP contribution in [0.25, 0.3) is 0 Å². The summed E-state index contributed by atoms with van der Waals surface area (Å²) in [6.07, 6.45) is 5.92. The monoisotopic (exact) mass is 402 g/mol. The second-order valence-corrected chi connectivity index (χ2v) is 9.17. The van der Waals surface area contributed by atoms with E-state index in [9.17, 15) is 13.2 Å². The Balaban J connectivity index is 1.74. The second-order valence-electron chi connectivity index (χ2n) is 7.13. The van der Waals surface area contributed by atoms with Crippen molar-refractivity contribution in [2.24, 2.45) is 0 Å². The smallest absolute Gasteiger partial charge is 0.247 e. The number of amides is 1. The van der Waals surface area contributed by atoms with Gasteiger partial charge in [-0.25, -0.2) is 8.42 Å². The molecule has 0 saturated heterocycles. The number of hydrogen-bond acceptors (Lipinski definition) is 4. The molecule has 28 heavy (non-hydrogen) atoms. The van der Waals surface area contributed by atoms with E-state index in [1.807, 2.05) is 18.2 Å². The lowest BCUT2D eigenvalue weighted by Gasteiger charge is -2.25. The summed E-state index contributed by atoms with van der Waals surface area (Å²) in [4.78, 5) is 12.9. The van der Waals surface area contributed by atoms with Crippen LogP contribution in [0.2, 0.25) is 0 Å². The molecule has 1 amide bonds. The van der Waals surface area contributed by atoms with E-state index in [1.54, 1.807) is 36.4 Å². The molecule has 0 aromatic heterocycles. The number of likely N-dealkylation sites (N-methyl/N-ethyl adjacent to an activating group) is 1. The number of anilines is 1. The van der Waals surface area contributed by atoms with Gasteiger partial charge in [-0.15, -0.1) is 0 Å². The Labute approximate surface area is 166 Å². The van der Waals surface area contributed by atoms with Crippen molar-refractivity contribution in [3.05, 3.63) is 60.2 Å². The van der Waals surface area contributed by atoms with Crippen LogP contribution in [0, 0.1) is 0 Å². The third-order valence-corrected chi connectivity index (χ3v) is 6.23. The molecular formula is C21H26N2O4S. The third-order valence-electron chi connectivity index (χ3n) is 4.98. The molecule has 1 N–H and O–H groups in total. The molecular weight excluding hydrogens is 376 g/mol. The highest BCUT2D eigenvalue weighted by Gasteiger charge is 2.30. The number of sulfonamides is 1. The molecule has 6 nitrogen and oxygen atoms in total. The summed E-state index contributed by atoms with van der Waals surface area (Å²) in [6.45, 7) is 0. The molecule has 2 aromatic rings. The molecule has 150 valence electrons. The van der Waals surface area contributed by atoms with Crippen LogP contribution in [0.3, 0.4) is 0 Å². The summed E-state index contributed by atoms with van der Waals surface area (Å²) in [7, 11) is -2.15. The quantitative estimate of drug-likeness (QED) is 0.768. The SMILES string of the molecule is CN([C@H](C(=O)Nc1ccc(OC2CCCC2)cc1)c1ccccc1)S(C)(=O)=O. The van der Waals surface area contributed by atoms with E-state index in [4.69, 9.17) is 4.74 Å². The van der Waals surface area contributed by atoms with Gasteiger partial charge in [-0.05, 0) is 55.5 Å². The summed E-state index contributed by atoms with van der Waals surface area (Å²) in [6, 6.07) is 15.1. The van der Waals surface area contributed by atoms with Crippen molar-refractivity contribution < 1.29 is 17.9 Å². The van der Waals surface area contributed by atoms with Crippen LogP contribution in [0.1, 0.15) is 37.3 Å². The molecule has 0 spiro atoms. The fourth-order valence-electron chi connectivity index (χ4n) is 3.38. The van der Waals surface area contributed by atoms with Gasteiger partial charge in [-0.2, -0.15) is 4.31 Å². The average Bonchev–Trinajstić information content (AvgIpc) is 3.17. The first-order valence-corrected chi connectivity index (χ1v) is 11.2. The number of carbonyl (C=O) groups excluding carboxylic acids is 1. The molecule has 1 aliphatic rings. The van der Waals surface area contributed by atoms with Crippen molar-refractivity contribution >= 4 is 21.6 Å². The second kappa shape index (κ2) is 8.75. The van der Waals surface area contributed by atoms with E-state index in [0.717, 1.165) is 29.2 Å². The van der Waals surface area contributed by atoms with Gasteiger partial charge in [-0.1, -0.05) is 30.3 Å². The molecule has 0 unspecified atom stereocenters. The van der Waals surface area contributed by atoms with Crippen molar-refractivity contribution in [2.75, 3.05) is 18.6 Å². The van der Waals surface area contributed by atoms with Crippen molar-refractivity contribution in [2.45, 2.75) is 37.8 Å². The van der Waals surface area contributed by atoms with Crippen LogP contribution in [0.15, 0.2) is 54.6 Å². The molecule has 1 fully saturated rings. The van der Waals surface area contributed by atoms with Crippen molar-refractivity contribution in [3.8, 4) is 5.75 Å². The zero-order valence-corrected chi connectivity index (χ0v) is 17.0. The molecule has 2 aromatic carbocycles. The van der Waals surface area contributed by atoms with Crippen LogP contribution in [0.5, 0.6) is 5.75 Å². The number of benzene rings is 2. The van der Waals surface area contributed by atoms with Gasteiger partial charge < -0.3 is 10.1 Å². The largest absolute Gasteiger partial charge is 0.490 e. The number of carbonyl (C=O) groups is 1. The van der Waals surface area contributed by atoms with Crippen LogP contribution < -0.4 is 10.1 Å². The van der Waals surface area contributed by atoms with E-state index in [0.29, 0.717) is 11.3 Å². The minimum Gasteiger partial charge on any atom is -0.490 e. The zero-order chi connectivity index (χ0) is 20.1. The fourth-order valence-corrected chi connectivity index (χ4v) is 3.98. The van der Waals surface area contributed by atoms with Crippen LogP contribution in [-0.2, 0) is 14.8 Å². The Kier molecular flexibility index (Phi) is 6.36. The maximum absolute atomic E-state index is 12.9.